The molecule has 0 unspecified atom stereocenters. The summed E-state index contributed by atoms with van der Waals surface area (Å²) in [6, 6.07) is 28.1. The van der Waals surface area contributed by atoms with Gasteiger partial charge in [0.1, 0.15) is 5.15 Å². The van der Waals surface area contributed by atoms with Gasteiger partial charge in [-0.3, -0.25) is 29.1 Å². The number of amides is 4. The Kier molecular flexibility index (Phi) is 16.7. The van der Waals surface area contributed by atoms with Crippen LogP contribution in [0.2, 0.25) is 5.15 Å². The van der Waals surface area contributed by atoms with E-state index < -0.39 is 0 Å². The lowest BCUT2D eigenvalue weighted by Gasteiger charge is -2.32. The monoisotopic (exact) mass is 1120 g/mol. The van der Waals surface area contributed by atoms with Crippen LogP contribution in [0.25, 0.3) is 61.6 Å². The number of aromatic nitrogens is 4. The average molecular weight is 1120 g/mol. The second-order valence-corrected chi connectivity index (χ2v) is 22.7. The molecule has 82 heavy (non-hydrogen) atoms. The second-order valence-electron chi connectivity index (χ2n) is 22.3. The molecule has 5 aliphatic rings. The predicted octanol–water partition coefficient (Wildman–Crippen LogP) is 9.74. The SMILES string of the molecule is CC1(C)OB(/C=C/c2cccc(CC(=O)N3CCOCC3)c2)OC1(C)C.O=C1NCCCc2nc3c(ccc4c[nH]c(/C=C/c5cccc(CC(=O)N6CCOCC6)c5)cc43)c21.O=C1NCCCc2nc3c(ccc4c[nH]c(Cl)cc43)c21. The summed E-state index contributed by atoms with van der Waals surface area (Å²) in [5.41, 5.74) is 9.30. The third-order valence-electron chi connectivity index (χ3n) is 16.2. The Morgan fingerprint density at radius 2 is 1.10 bits per heavy atom. The molecule has 13 rings (SSSR count). The lowest BCUT2D eigenvalue weighted by molar-refractivity contribution is -0.135. The average Bonchev–Trinajstić information content (AvgIpc) is 4.16. The minimum Gasteiger partial charge on any atom is -0.400 e. The molecule has 8 aromatic rings. The van der Waals surface area contributed by atoms with Gasteiger partial charge in [0.05, 0.1) is 84.0 Å². The number of ether oxygens (including phenoxy) is 2. The molecule has 0 bridgehead atoms. The standard InChI is InChI=1S/C29H28N4O3.C20H28BNO4.C15H12ClN3O/c34-26(33-11-13-36-14-12-33)16-20-4-1-3-19(15-20)6-8-22-17-24-21(18-31-22)7-9-23-27-25(32-28(23)24)5-2-10-30-29(27)35;1-19(2)20(3,4)26-21(25-19)9-8-16-6-5-7-17(14-16)15-18(23)22-10-12-24-13-11-22;16-12-6-10-8(7-18-12)3-4-9-13-11(19-14(9)10)2-1-5-17-15(13)20/h1,3-4,6-9,15,17-18,31H,2,5,10-14,16H2,(H,30,35);5-9,14H,10-13,15H2,1-4H3;3-4,6-7,18H,1-2,5H2,(H,17,20)/b8-6+;9-8+;. The van der Waals surface area contributed by atoms with E-state index in [1.54, 1.807) is 0 Å². The highest BCUT2D eigenvalue weighted by molar-refractivity contribution is 6.52. The van der Waals surface area contributed by atoms with Crippen LogP contribution in [0.4, 0.5) is 0 Å². The lowest BCUT2D eigenvalue weighted by Crippen LogP contribution is -2.41. The molecule has 0 radical (unpaired) electrons. The Labute approximate surface area is 482 Å². The molecule has 4 aromatic carbocycles. The molecule has 9 heterocycles. The highest BCUT2D eigenvalue weighted by Crippen LogP contribution is 2.38. The van der Waals surface area contributed by atoms with Crippen LogP contribution in [0, 0.1) is 0 Å². The summed E-state index contributed by atoms with van der Waals surface area (Å²) < 4.78 is 22.6. The van der Waals surface area contributed by atoms with E-state index in [0.717, 1.165) is 119 Å². The van der Waals surface area contributed by atoms with Gasteiger partial charge in [-0.25, -0.2) is 0 Å². The first-order valence-electron chi connectivity index (χ1n) is 28.4. The summed E-state index contributed by atoms with van der Waals surface area (Å²) in [6.07, 6.45) is 14.2. The van der Waals surface area contributed by atoms with Crippen molar-refractivity contribution in [2.75, 3.05) is 65.7 Å². The summed E-state index contributed by atoms with van der Waals surface area (Å²) in [5.74, 6) is 2.17. The number of halogens is 1. The van der Waals surface area contributed by atoms with Gasteiger partial charge in [0.15, 0.2) is 0 Å². The van der Waals surface area contributed by atoms with E-state index in [1.807, 2.05) is 147 Å². The van der Waals surface area contributed by atoms with Crippen LogP contribution < -0.4 is 10.6 Å². The Bertz CT molecular complexity index is 3770. The summed E-state index contributed by atoms with van der Waals surface area (Å²) in [7, 11) is -0.362. The molecule has 0 spiro atoms. The zero-order chi connectivity index (χ0) is 57.0. The van der Waals surface area contributed by atoms with Crippen LogP contribution in [-0.2, 0) is 54.1 Å². The van der Waals surface area contributed by atoms with Crippen LogP contribution in [0.1, 0.15) is 101 Å². The van der Waals surface area contributed by atoms with E-state index in [2.05, 4.69) is 32.7 Å². The molecular weight excluding hydrogens is 1060 g/mol. The van der Waals surface area contributed by atoms with Gasteiger partial charge in [-0.1, -0.05) is 103 Å². The van der Waals surface area contributed by atoms with Crippen LogP contribution >= 0.6 is 11.6 Å². The van der Waals surface area contributed by atoms with Crippen molar-refractivity contribution in [3.8, 4) is 0 Å². The fraction of sp³-hybridized carbons (Fsp3) is 0.344. The number of rotatable bonds is 8. The minimum absolute atomic E-state index is 0.0204. The Morgan fingerprint density at radius 1 is 0.610 bits per heavy atom. The number of carbonyl (C=O) groups is 4. The van der Waals surface area contributed by atoms with Crippen LogP contribution in [-0.4, -0.2) is 137 Å². The maximum Gasteiger partial charge on any atom is 0.487 e. The summed E-state index contributed by atoms with van der Waals surface area (Å²) in [6.45, 7) is 14.7. The molecular formula is C64H68BClN8O8. The van der Waals surface area contributed by atoms with Crippen molar-refractivity contribution in [3.63, 3.8) is 0 Å². The van der Waals surface area contributed by atoms with E-state index in [1.165, 1.54) is 0 Å². The lowest BCUT2D eigenvalue weighted by atomic mass is 9.89. The molecule has 4 aromatic heterocycles. The fourth-order valence-corrected chi connectivity index (χ4v) is 11.2. The Balaban J connectivity index is 0.000000135. The molecule has 18 heteroatoms. The van der Waals surface area contributed by atoms with Gasteiger partial charge in [-0.2, -0.15) is 0 Å². The number of aryl methyl sites for hydroxylation is 2. The molecule has 422 valence electrons. The number of morpholine rings is 2. The zero-order valence-electron chi connectivity index (χ0n) is 46.9. The first-order valence-corrected chi connectivity index (χ1v) is 28.7. The first-order chi connectivity index (χ1) is 39.7. The smallest absolute Gasteiger partial charge is 0.400 e. The summed E-state index contributed by atoms with van der Waals surface area (Å²) in [4.78, 5) is 69.5. The number of pyridine rings is 2. The molecule has 3 fully saturated rings. The van der Waals surface area contributed by atoms with Gasteiger partial charge >= 0.3 is 7.12 Å². The predicted molar refractivity (Wildman–Crippen MR) is 323 cm³/mol. The molecule has 0 aliphatic carbocycles. The number of fused-ring (bicyclic) bond motifs is 10. The van der Waals surface area contributed by atoms with E-state index in [0.29, 0.717) is 83.7 Å². The van der Waals surface area contributed by atoms with Gasteiger partial charge in [-0.15, -0.1) is 0 Å². The quantitative estimate of drug-likeness (QED) is 0.0841. The van der Waals surface area contributed by atoms with Gasteiger partial charge < -0.3 is 49.2 Å². The van der Waals surface area contributed by atoms with E-state index in [4.69, 9.17) is 40.4 Å². The van der Waals surface area contributed by atoms with Crippen molar-refractivity contribution in [2.45, 2.75) is 77.4 Å². The van der Waals surface area contributed by atoms with Crippen molar-refractivity contribution >= 4 is 104 Å². The molecule has 4 N–H and O–H groups in total. The number of nitrogens with one attached hydrogen (secondary N) is 4. The molecule has 0 atom stereocenters. The summed E-state index contributed by atoms with van der Waals surface area (Å²) >= 11 is 6.04. The molecule has 4 amide bonds. The van der Waals surface area contributed by atoms with E-state index in [-0.39, 0.29) is 41.9 Å². The third kappa shape index (κ3) is 12.5. The third-order valence-corrected chi connectivity index (χ3v) is 16.4. The van der Waals surface area contributed by atoms with Crippen molar-refractivity contribution in [2.24, 2.45) is 0 Å². The number of carbonyl (C=O) groups excluding carboxylic acids is 4. The molecule has 3 saturated heterocycles. The zero-order valence-corrected chi connectivity index (χ0v) is 47.6. The highest BCUT2D eigenvalue weighted by atomic mass is 35.5. The van der Waals surface area contributed by atoms with Gasteiger partial charge in [-0.05, 0) is 99.2 Å². The minimum atomic E-state index is -0.362. The summed E-state index contributed by atoms with van der Waals surface area (Å²) in [5, 5.41) is 12.4. The van der Waals surface area contributed by atoms with Crippen molar-refractivity contribution in [1.29, 1.82) is 0 Å². The van der Waals surface area contributed by atoms with E-state index >= 15 is 0 Å². The van der Waals surface area contributed by atoms with Crippen LogP contribution in [0.15, 0.2) is 103 Å². The number of hydrogen-bond donors (Lipinski definition) is 4. The van der Waals surface area contributed by atoms with Crippen LogP contribution in [0.3, 0.4) is 0 Å². The van der Waals surface area contributed by atoms with E-state index in [9.17, 15) is 19.2 Å². The van der Waals surface area contributed by atoms with Gasteiger partial charge in [0.2, 0.25) is 11.8 Å². The number of hydrogen-bond acceptors (Lipinski definition) is 10. The normalized spacial score (nSPS) is 17.9. The van der Waals surface area contributed by atoms with Crippen molar-refractivity contribution < 1.29 is 38.0 Å². The van der Waals surface area contributed by atoms with Crippen molar-refractivity contribution in [1.82, 2.24) is 40.4 Å². The maximum absolute atomic E-state index is 12.6. The molecule has 16 nitrogen and oxygen atoms in total. The number of nitrogens with zero attached hydrogens (tertiary/aromatic N) is 4. The Hall–Kier alpha value is -7.67. The largest absolute Gasteiger partial charge is 0.487 e. The van der Waals surface area contributed by atoms with Crippen LogP contribution in [0.5, 0.6) is 0 Å². The number of aromatic amines is 2. The maximum atomic E-state index is 12.6. The van der Waals surface area contributed by atoms with Gasteiger partial charge in [0, 0.05) is 84.3 Å². The fourth-order valence-electron chi connectivity index (χ4n) is 11.0. The van der Waals surface area contributed by atoms with Gasteiger partial charge in [0.25, 0.3) is 11.8 Å². The second kappa shape index (κ2) is 24.4. The molecule has 5 aliphatic heterocycles. The Morgan fingerprint density at radius 3 is 1.62 bits per heavy atom. The molecule has 0 saturated carbocycles. The van der Waals surface area contributed by atoms with Crippen molar-refractivity contribution in [3.05, 3.63) is 159 Å². The number of H-pyrrole nitrogens is 2. The highest BCUT2D eigenvalue weighted by Gasteiger charge is 2.50. The first kappa shape index (κ1) is 56.2. The topological polar surface area (TPSA) is 193 Å². The number of benzene rings is 4.